The number of carbonyl (C=O) groups is 2. The summed E-state index contributed by atoms with van der Waals surface area (Å²) in [4.78, 5) is 28.2. The van der Waals surface area contributed by atoms with Gasteiger partial charge in [-0.1, -0.05) is 0 Å². The van der Waals surface area contributed by atoms with Crippen LogP contribution in [0.5, 0.6) is 5.75 Å². The van der Waals surface area contributed by atoms with Gasteiger partial charge in [-0.3, -0.25) is 9.59 Å². The molecule has 0 bridgehead atoms. The van der Waals surface area contributed by atoms with Gasteiger partial charge in [0, 0.05) is 38.5 Å². The molecule has 6 heteroatoms. The van der Waals surface area contributed by atoms with Crippen LogP contribution in [-0.4, -0.2) is 54.4 Å². The second kappa shape index (κ2) is 7.85. The minimum Gasteiger partial charge on any atom is -0.493 e. The number of ether oxygens (including phenoxy) is 1. The molecule has 2 amide bonds. The molecule has 2 fully saturated rings. The summed E-state index contributed by atoms with van der Waals surface area (Å²) < 4.78 is 18.7. The molecule has 2 aliphatic rings. The van der Waals surface area contributed by atoms with Crippen molar-refractivity contribution in [2.45, 2.75) is 26.2 Å². The standard InChI is InChI=1S/C19H25FN2O3/c1-2-21-12-15(10-18(21)23)19(24)22-9-3-4-14(11-22)13-25-17-7-5-16(20)6-8-17/h5-8,14-15H,2-4,9-13H2,1H3/t14-,15+/m1/s1. The number of hydrogen-bond donors (Lipinski definition) is 0. The Kier molecular flexibility index (Phi) is 5.56. The molecule has 0 unspecified atom stereocenters. The Balaban J connectivity index is 1.51. The fourth-order valence-corrected chi connectivity index (χ4v) is 3.65. The third kappa shape index (κ3) is 4.30. The molecule has 0 radical (unpaired) electrons. The summed E-state index contributed by atoms with van der Waals surface area (Å²) in [6.45, 7) is 5.08. The monoisotopic (exact) mass is 348 g/mol. The van der Waals surface area contributed by atoms with Crippen LogP contribution in [0.4, 0.5) is 4.39 Å². The van der Waals surface area contributed by atoms with Gasteiger partial charge in [0.15, 0.2) is 0 Å². The topological polar surface area (TPSA) is 49.9 Å². The molecular weight excluding hydrogens is 323 g/mol. The number of piperidine rings is 1. The van der Waals surface area contributed by atoms with Crippen LogP contribution in [0.15, 0.2) is 24.3 Å². The highest BCUT2D eigenvalue weighted by molar-refractivity contribution is 5.89. The Morgan fingerprint density at radius 3 is 2.72 bits per heavy atom. The number of hydrogen-bond acceptors (Lipinski definition) is 3. The summed E-state index contributed by atoms with van der Waals surface area (Å²) >= 11 is 0. The molecule has 1 aromatic carbocycles. The van der Waals surface area contributed by atoms with Gasteiger partial charge >= 0.3 is 0 Å². The number of likely N-dealkylation sites (tertiary alicyclic amines) is 2. The van der Waals surface area contributed by atoms with Crippen molar-refractivity contribution in [2.75, 3.05) is 32.8 Å². The maximum Gasteiger partial charge on any atom is 0.228 e. The summed E-state index contributed by atoms with van der Waals surface area (Å²) in [5.74, 6) is 0.593. The second-order valence-electron chi connectivity index (χ2n) is 6.89. The van der Waals surface area contributed by atoms with Crippen LogP contribution in [0.25, 0.3) is 0 Å². The number of amides is 2. The van der Waals surface area contributed by atoms with Crippen molar-refractivity contribution < 1.29 is 18.7 Å². The van der Waals surface area contributed by atoms with Crippen molar-refractivity contribution in [1.29, 1.82) is 0 Å². The third-order valence-corrected chi connectivity index (χ3v) is 5.08. The average Bonchev–Trinajstić information content (AvgIpc) is 3.01. The molecule has 136 valence electrons. The molecule has 0 spiro atoms. The number of halogens is 1. The van der Waals surface area contributed by atoms with Crippen LogP contribution in [0.2, 0.25) is 0 Å². The van der Waals surface area contributed by atoms with Gasteiger partial charge in [-0.15, -0.1) is 0 Å². The van der Waals surface area contributed by atoms with Crippen molar-refractivity contribution in [1.82, 2.24) is 9.80 Å². The molecule has 25 heavy (non-hydrogen) atoms. The maximum atomic E-state index is 12.9. The predicted octanol–water partition coefficient (Wildman–Crippen LogP) is 2.31. The smallest absolute Gasteiger partial charge is 0.228 e. The summed E-state index contributed by atoms with van der Waals surface area (Å²) in [6, 6.07) is 5.99. The number of carbonyl (C=O) groups excluding carboxylic acids is 2. The third-order valence-electron chi connectivity index (χ3n) is 5.08. The SMILES string of the molecule is CCN1C[C@@H](C(=O)N2CCC[C@@H](COc3ccc(F)cc3)C2)CC1=O. The summed E-state index contributed by atoms with van der Waals surface area (Å²) in [5.41, 5.74) is 0. The molecule has 3 rings (SSSR count). The molecule has 5 nitrogen and oxygen atoms in total. The molecule has 2 aliphatic heterocycles. The molecule has 1 aromatic rings. The van der Waals surface area contributed by atoms with E-state index < -0.39 is 0 Å². The highest BCUT2D eigenvalue weighted by atomic mass is 19.1. The molecule has 2 saturated heterocycles. The molecule has 2 atom stereocenters. The zero-order valence-corrected chi connectivity index (χ0v) is 14.6. The zero-order valence-electron chi connectivity index (χ0n) is 14.6. The van der Waals surface area contributed by atoms with E-state index in [1.165, 1.54) is 12.1 Å². The quantitative estimate of drug-likeness (QED) is 0.820. The van der Waals surface area contributed by atoms with Crippen LogP contribution in [0.1, 0.15) is 26.2 Å². The van der Waals surface area contributed by atoms with E-state index in [4.69, 9.17) is 4.74 Å². The van der Waals surface area contributed by atoms with Crippen LogP contribution in [0, 0.1) is 17.7 Å². The van der Waals surface area contributed by atoms with Crippen LogP contribution >= 0.6 is 0 Å². The van der Waals surface area contributed by atoms with E-state index in [0.29, 0.717) is 38.4 Å². The van der Waals surface area contributed by atoms with Crippen LogP contribution in [0.3, 0.4) is 0 Å². The summed E-state index contributed by atoms with van der Waals surface area (Å²) in [6.07, 6.45) is 2.29. The van der Waals surface area contributed by atoms with E-state index in [0.717, 1.165) is 19.4 Å². The highest BCUT2D eigenvalue weighted by Gasteiger charge is 2.37. The molecular formula is C19H25FN2O3. The molecule has 0 N–H and O–H groups in total. The Labute approximate surface area is 147 Å². The van der Waals surface area contributed by atoms with Crippen LogP contribution < -0.4 is 4.74 Å². The first-order valence-electron chi connectivity index (χ1n) is 9.01. The molecule has 0 aliphatic carbocycles. The molecule has 0 aromatic heterocycles. The lowest BCUT2D eigenvalue weighted by Gasteiger charge is -2.34. The summed E-state index contributed by atoms with van der Waals surface area (Å²) in [5, 5.41) is 0. The van der Waals surface area contributed by atoms with Gasteiger partial charge < -0.3 is 14.5 Å². The van der Waals surface area contributed by atoms with Gasteiger partial charge in [-0.25, -0.2) is 4.39 Å². The van der Waals surface area contributed by atoms with E-state index in [1.807, 2.05) is 11.8 Å². The summed E-state index contributed by atoms with van der Waals surface area (Å²) in [7, 11) is 0. The van der Waals surface area contributed by atoms with E-state index >= 15 is 0 Å². The largest absolute Gasteiger partial charge is 0.493 e. The Morgan fingerprint density at radius 2 is 2.04 bits per heavy atom. The fraction of sp³-hybridized carbons (Fsp3) is 0.579. The lowest BCUT2D eigenvalue weighted by molar-refractivity contribution is -0.137. The van der Waals surface area contributed by atoms with E-state index in [-0.39, 0.29) is 29.5 Å². The van der Waals surface area contributed by atoms with Crippen LogP contribution in [-0.2, 0) is 9.59 Å². The highest BCUT2D eigenvalue weighted by Crippen LogP contribution is 2.24. The first kappa shape index (κ1) is 17.7. The lowest BCUT2D eigenvalue weighted by Crippen LogP contribution is -2.44. The first-order valence-corrected chi connectivity index (χ1v) is 9.01. The van der Waals surface area contributed by atoms with Gasteiger partial charge in [-0.2, -0.15) is 0 Å². The number of nitrogens with zero attached hydrogens (tertiary/aromatic N) is 2. The fourth-order valence-electron chi connectivity index (χ4n) is 3.65. The second-order valence-corrected chi connectivity index (χ2v) is 6.89. The van der Waals surface area contributed by atoms with Crippen molar-refractivity contribution >= 4 is 11.8 Å². The van der Waals surface area contributed by atoms with Gasteiger partial charge in [-0.05, 0) is 44.0 Å². The predicted molar refractivity (Wildman–Crippen MR) is 91.6 cm³/mol. The minimum absolute atomic E-state index is 0.0778. The van der Waals surface area contributed by atoms with E-state index in [9.17, 15) is 14.0 Å². The zero-order chi connectivity index (χ0) is 17.8. The van der Waals surface area contributed by atoms with Crippen molar-refractivity contribution in [3.8, 4) is 5.75 Å². The van der Waals surface area contributed by atoms with Gasteiger partial charge in [0.25, 0.3) is 0 Å². The van der Waals surface area contributed by atoms with Crippen molar-refractivity contribution in [2.24, 2.45) is 11.8 Å². The van der Waals surface area contributed by atoms with E-state index in [1.54, 1.807) is 17.0 Å². The first-order chi connectivity index (χ1) is 12.1. The lowest BCUT2D eigenvalue weighted by atomic mass is 9.97. The maximum absolute atomic E-state index is 12.9. The van der Waals surface area contributed by atoms with E-state index in [2.05, 4.69) is 0 Å². The van der Waals surface area contributed by atoms with Crippen molar-refractivity contribution in [3.05, 3.63) is 30.1 Å². The normalized spacial score (nSPS) is 23.8. The molecule has 2 heterocycles. The van der Waals surface area contributed by atoms with Crippen molar-refractivity contribution in [3.63, 3.8) is 0 Å². The Bertz CT molecular complexity index is 620. The van der Waals surface area contributed by atoms with Gasteiger partial charge in [0.05, 0.1) is 12.5 Å². The minimum atomic E-state index is -0.283. The molecule has 0 saturated carbocycles. The van der Waals surface area contributed by atoms with Gasteiger partial charge in [0.1, 0.15) is 11.6 Å². The Hall–Kier alpha value is -2.11. The van der Waals surface area contributed by atoms with Gasteiger partial charge in [0.2, 0.25) is 11.8 Å². The average molecular weight is 348 g/mol. The number of rotatable bonds is 5. The Morgan fingerprint density at radius 1 is 1.28 bits per heavy atom. The number of benzene rings is 1.